The highest BCUT2D eigenvalue weighted by atomic mass is 35.5. The zero-order valence-electron chi connectivity index (χ0n) is 16.4. The minimum Gasteiger partial charge on any atom is -0.452 e. The molecule has 2 aromatic rings. The minimum absolute atomic E-state index is 0.0525. The number of hydrogen-bond donors (Lipinski definition) is 1. The highest BCUT2D eigenvalue weighted by Crippen LogP contribution is 2.23. The number of rotatable bonds is 7. The molecule has 0 spiro atoms. The molecule has 0 aliphatic heterocycles. The van der Waals surface area contributed by atoms with Gasteiger partial charge >= 0.3 is 5.97 Å². The Hall–Kier alpha value is -2.93. The summed E-state index contributed by atoms with van der Waals surface area (Å²) in [7, 11) is -4.01. The summed E-state index contributed by atoms with van der Waals surface area (Å²) in [4.78, 5) is 26.1. The van der Waals surface area contributed by atoms with Gasteiger partial charge in [-0.05, 0) is 55.3 Å². The first-order valence-corrected chi connectivity index (χ1v) is 10.7. The number of aryl methyl sites for hydroxylation is 2. The second kappa shape index (κ2) is 9.71. The van der Waals surface area contributed by atoms with E-state index in [1.165, 1.54) is 17.0 Å². The Labute approximate surface area is 179 Å². The number of ether oxygens (including phenoxy) is 1. The third-order valence-electron chi connectivity index (χ3n) is 4.26. The van der Waals surface area contributed by atoms with Crippen LogP contribution in [0.15, 0.2) is 41.3 Å². The van der Waals surface area contributed by atoms with Crippen LogP contribution in [0.5, 0.6) is 0 Å². The van der Waals surface area contributed by atoms with Crippen molar-refractivity contribution in [2.75, 3.05) is 18.1 Å². The van der Waals surface area contributed by atoms with Crippen molar-refractivity contribution in [2.24, 2.45) is 5.14 Å². The van der Waals surface area contributed by atoms with Gasteiger partial charge in [-0.1, -0.05) is 17.7 Å². The summed E-state index contributed by atoms with van der Waals surface area (Å²) in [6.07, 6.45) is 0.0804. The molecule has 0 aliphatic carbocycles. The van der Waals surface area contributed by atoms with Crippen molar-refractivity contribution >= 4 is 39.2 Å². The number of nitrogens with two attached hydrogens (primary N) is 1. The second-order valence-corrected chi connectivity index (χ2v) is 8.43. The largest absolute Gasteiger partial charge is 0.452 e. The minimum atomic E-state index is -4.01. The summed E-state index contributed by atoms with van der Waals surface area (Å²) in [5.74, 6) is -1.42. The van der Waals surface area contributed by atoms with Crippen LogP contribution >= 0.6 is 11.6 Å². The lowest BCUT2D eigenvalue weighted by atomic mass is 10.1. The van der Waals surface area contributed by atoms with E-state index in [0.717, 1.165) is 11.6 Å². The molecule has 0 fully saturated rings. The van der Waals surface area contributed by atoms with Crippen LogP contribution < -0.4 is 10.0 Å². The number of primary sulfonamides is 1. The van der Waals surface area contributed by atoms with Gasteiger partial charge in [0.1, 0.15) is 0 Å². The maximum Gasteiger partial charge on any atom is 0.338 e. The summed E-state index contributed by atoms with van der Waals surface area (Å²) in [5, 5.41) is 14.5. The number of sulfonamides is 1. The van der Waals surface area contributed by atoms with Crippen LogP contribution in [-0.2, 0) is 19.6 Å². The molecule has 1 amide bonds. The summed E-state index contributed by atoms with van der Waals surface area (Å²) in [6.45, 7) is 2.83. The van der Waals surface area contributed by atoms with E-state index in [-0.39, 0.29) is 23.4 Å². The van der Waals surface area contributed by atoms with Crippen molar-refractivity contribution in [2.45, 2.75) is 25.2 Å². The van der Waals surface area contributed by atoms with Crippen LogP contribution in [-0.4, -0.2) is 33.4 Å². The van der Waals surface area contributed by atoms with E-state index in [1.807, 2.05) is 6.07 Å². The Bertz CT molecular complexity index is 1130. The average molecular weight is 450 g/mol. The molecule has 8 nitrogen and oxygen atoms in total. The monoisotopic (exact) mass is 449 g/mol. The van der Waals surface area contributed by atoms with E-state index in [1.54, 1.807) is 32.0 Å². The first kappa shape index (κ1) is 23.3. The molecule has 0 aliphatic rings. The van der Waals surface area contributed by atoms with Crippen LogP contribution in [0.2, 0.25) is 5.02 Å². The van der Waals surface area contributed by atoms with Crippen LogP contribution in [0.4, 0.5) is 5.69 Å². The quantitative estimate of drug-likeness (QED) is 0.646. The first-order valence-electron chi connectivity index (χ1n) is 8.78. The number of nitriles is 1. The van der Waals surface area contributed by atoms with E-state index in [9.17, 15) is 18.0 Å². The molecule has 0 aromatic heterocycles. The SMILES string of the molecule is Cc1cc(N(CCC#N)C(=O)COC(=O)c2ccc(C)c(S(N)(=O)=O)c2)ccc1Cl. The fourth-order valence-electron chi connectivity index (χ4n) is 2.68. The van der Waals surface area contributed by atoms with Crippen molar-refractivity contribution in [3.05, 3.63) is 58.1 Å². The lowest BCUT2D eigenvalue weighted by Crippen LogP contribution is -2.35. The zero-order chi connectivity index (χ0) is 22.5. The molecule has 2 rings (SSSR count). The molecule has 158 valence electrons. The van der Waals surface area contributed by atoms with Gasteiger partial charge in [0.05, 0.1) is 22.9 Å². The molecule has 0 bridgehead atoms. The van der Waals surface area contributed by atoms with Crippen molar-refractivity contribution in [1.82, 2.24) is 0 Å². The van der Waals surface area contributed by atoms with Gasteiger partial charge in [-0.3, -0.25) is 4.79 Å². The number of amides is 1. The summed E-state index contributed by atoms with van der Waals surface area (Å²) < 4.78 is 28.3. The van der Waals surface area contributed by atoms with E-state index < -0.39 is 28.5 Å². The Kier molecular flexibility index (Phi) is 7.56. The second-order valence-electron chi connectivity index (χ2n) is 6.49. The van der Waals surface area contributed by atoms with Gasteiger partial charge in [0, 0.05) is 17.3 Å². The van der Waals surface area contributed by atoms with Crippen LogP contribution in [0.3, 0.4) is 0 Å². The van der Waals surface area contributed by atoms with E-state index in [4.69, 9.17) is 26.7 Å². The Morgan fingerprint density at radius 3 is 2.47 bits per heavy atom. The molecule has 10 heteroatoms. The number of benzene rings is 2. The van der Waals surface area contributed by atoms with Gasteiger partial charge < -0.3 is 9.64 Å². The predicted molar refractivity (Wildman–Crippen MR) is 112 cm³/mol. The highest BCUT2D eigenvalue weighted by molar-refractivity contribution is 7.89. The van der Waals surface area contributed by atoms with Crippen LogP contribution in [0.25, 0.3) is 0 Å². The lowest BCUT2D eigenvalue weighted by Gasteiger charge is -2.22. The Morgan fingerprint density at radius 1 is 1.17 bits per heavy atom. The lowest BCUT2D eigenvalue weighted by molar-refractivity contribution is -0.121. The molecule has 0 saturated carbocycles. The third kappa shape index (κ3) is 5.79. The van der Waals surface area contributed by atoms with Gasteiger partial charge in [0.15, 0.2) is 6.61 Å². The normalized spacial score (nSPS) is 10.9. The fraction of sp³-hybridized carbons (Fsp3) is 0.250. The van der Waals surface area contributed by atoms with Gasteiger partial charge in [0.25, 0.3) is 5.91 Å². The van der Waals surface area contributed by atoms with Crippen molar-refractivity contribution in [3.63, 3.8) is 0 Å². The fourth-order valence-corrected chi connectivity index (χ4v) is 3.60. The molecule has 0 atom stereocenters. The number of esters is 1. The van der Waals surface area contributed by atoms with Crippen molar-refractivity contribution in [1.29, 1.82) is 5.26 Å². The number of hydrogen-bond acceptors (Lipinski definition) is 6. The van der Waals surface area contributed by atoms with Crippen LogP contribution in [0.1, 0.15) is 27.9 Å². The third-order valence-corrected chi connectivity index (χ3v) is 5.74. The molecular weight excluding hydrogens is 430 g/mol. The van der Waals surface area contributed by atoms with Crippen molar-refractivity contribution < 1.29 is 22.7 Å². The molecular formula is C20H20ClN3O5S. The average Bonchev–Trinajstić information content (AvgIpc) is 2.68. The Balaban J connectivity index is 2.17. The number of carbonyl (C=O) groups is 2. The summed E-state index contributed by atoms with van der Waals surface area (Å²) in [5.41, 5.74) is 1.59. The predicted octanol–water partition coefficient (Wildman–Crippen LogP) is 2.71. The number of anilines is 1. The zero-order valence-corrected chi connectivity index (χ0v) is 18.0. The molecule has 0 saturated heterocycles. The maximum atomic E-state index is 12.7. The summed E-state index contributed by atoms with van der Waals surface area (Å²) >= 11 is 6.02. The van der Waals surface area contributed by atoms with Gasteiger partial charge in [-0.15, -0.1) is 0 Å². The molecule has 30 heavy (non-hydrogen) atoms. The van der Waals surface area contributed by atoms with Gasteiger partial charge in [-0.25, -0.2) is 18.4 Å². The molecule has 0 heterocycles. The van der Waals surface area contributed by atoms with Crippen molar-refractivity contribution in [3.8, 4) is 6.07 Å². The van der Waals surface area contributed by atoms with E-state index in [0.29, 0.717) is 16.3 Å². The smallest absolute Gasteiger partial charge is 0.338 e. The van der Waals surface area contributed by atoms with E-state index in [2.05, 4.69) is 0 Å². The Morgan fingerprint density at radius 2 is 1.87 bits per heavy atom. The molecule has 0 unspecified atom stereocenters. The first-order chi connectivity index (χ1) is 14.0. The maximum absolute atomic E-state index is 12.7. The highest BCUT2D eigenvalue weighted by Gasteiger charge is 2.20. The van der Waals surface area contributed by atoms with Gasteiger partial charge in [0.2, 0.25) is 10.0 Å². The number of nitrogens with zero attached hydrogens (tertiary/aromatic N) is 2. The van der Waals surface area contributed by atoms with Gasteiger partial charge in [-0.2, -0.15) is 5.26 Å². The molecule has 2 aromatic carbocycles. The number of halogens is 1. The van der Waals surface area contributed by atoms with E-state index >= 15 is 0 Å². The standard InChI is InChI=1S/C20H20ClN3O5S/c1-13-4-5-15(11-18(13)30(23,27)28)20(26)29-12-19(25)24(9-3-8-22)16-6-7-17(21)14(2)10-16/h4-7,10-11H,3,9,12H2,1-2H3,(H2,23,27,28). The molecule has 0 radical (unpaired) electrons. The number of carbonyl (C=O) groups excluding carboxylic acids is 2. The van der Waals surface area contributed by atoms with Crippen LogP contribution in [0, 0.1) is 25.2 Å². The topological polar surface area (TPSA) is 131 Å². The molecule has 2 N–H and O–H groups in total. The summed E-state index contributed by atoms with van der Waals surface area (Å²) in [6, 6.07) is 10.8.